The highest BCUT2D eigenvalue weighted by Crippen LogP contribution is 2.22. The fourth-order valence-corrected chi connectivity index (χ4v) is 1.90. The molecule has 0 unspecified atom stereocenters. The average molecular weight is 272 g/mol. The molecule has 0 aliphatic heterocycles. The van der Waals surface area contributed by atoms with E-state index >= 15 is 0 Å². The third-order valence-corrected chi connectivity index (χ3v) is 2.98. The molecule has 0 aromatic heterocycles. The molecule has 0 amide bonds. The number of rotatable bonds is 8. The largest absolute Gasteiger partial charge is 0.465 e. The zero-order chi connectivity index (χ0) is 14.8. The Labute approximate surface area is 122 Å². The van der Waals surface area contributed by atoms with Crippen LogP contribution in [0.4, 0.5) is 0 Å². The van der Waals surface area contributed by atoms with Gasteiger partial charge in [0.05, 0.1) is 13.0 Å². The molecule has 20 heavy (non-hydrogen) atoms. The minimum Gasteiger partial charge on any atom is -0.465 e. The van der Waals surface area contributed by atoms with Crippen LogP contribution in [0.25, 0.3) is 0 Å². The van der Waals surface area contributed by atoms with Gasteiger partial charge in [0.15, 0.2) is 0 Å². The van der Waals surface area contributed by atoms with Crippen molar-refractivity contribution in [3.8, 4) is 0 Å². The smallest absolute Gasteiger partial charge is 0.310 e. The topological polar surface area (TPSA) is 26.3 Å². The van der Waals surface area contributed by atoms with Crippen LogP contribution >= 0.6 is 0 Å². The van der Waals surface area contributed by atoms with E-state index in [0.717, 1.165) is 18.4 Å². The summed E-state index contributed by atoms with van der Waals surface area (Å²) in [5, 5.41) is 0. The molecular formula is C18H24O2. The van der Waals surface area contributed by atoms with Crippen LogP contribution in [0.5, 0.6) is 0 Å². The Morgan fingerprint density at radius 2 is 2.00 bits per heavy atom. The van der Waals surface area contributed by atoms with Crippen molar-refractivity contribution in [2.24, 2.45) is 5.41 Å². The number of allylic oxidation sites excluding steroid dienone is 2. The van der Waals surface area contributed by atoms with Gasteiger partial charge >= 0.3 is 5.97 Å². The first kappa shape index (κ1) is 16.2. The van der Waals surface area contributed by atoms with E-state index in [1.54, 1.807) is 0 Å². The highest BCUT2D eigenvalue weighted by molar-refractivity contribution is 5.72. The van der Waals surface area contributed by atoms with Gasteiger partial charge in [0.1, 0.15) is 0 Å². The van der Waals surface area contributed by atoms with E-state index in [2.05, 4.69) is 32.6 Å². The Bertz CT molecular complexity index is 444. The summed E-state index contributed by atoms with van der Waals surface area (Å²) in [4.78, 5) is 11.6. The summed E-state index contributed by atoms with van der Waals surface area (Å²) in [6.45, 7) is 8.51. The molecule has 0 N–H and O–H groups in total. The molecule has 0 saturated carbocycles. The van der Waals surface area contributed by atoms with Gasteiger partial charge in [0.2, 0.25) is 0 Å². The van der Waals surface area contributed by atoms with Gasteiger partial charge in [-0.15, -0.1) is 6.58 Å². The monoisotopic (exact) mass is 272 g/mol. The molecule has 0 heterocycles. The lowest BCUT2D eigenvalue weighted by Crippen LogP contribution is -2.09. The van der Waals surface area contributed by atoms with Crippen molar-refractivity contribution < 1.29 is 9.53 Å². The molecule has 0 atom stereocenters. The third kappa shape index (κ3) is 6.93. The SMILES string of the molecule is C=CCC(C)(C)/C=C/CCOC(=O)Cc1ccccc1. The van der Waals surface area contributed by atoms with Crippen LogP contribution in [-0.4, -0.2) is 12.6 Å². The maximum Gasteiger partial charge on any atom is 0.310 e. The summed E-state index contributed by atoms with van der Waals surface area (Å²) < 4.78 is 5.21. The minimum absolute atomic E-state index is 0.121. The highest BCUT2D eigenvalue weighted by atomic mass is 16.5. The van der Waals surface area contributed by atoms with Gasteiger partial charge in [0, 0.05) is 0 Å². The molecule has 2 heteroatoms. The number of esters is 1. The van der Waals surface area contributed by atoms with Crippen LogP contribution in [0.1, 0.15) is 32.3 Å². The van der Waals surface area contributed by atoms with Crippen LogP contribution in [0.3, 0.4) is 0 Å². The normalized spacial score (nSPS) is 11.5. The quantitative estimate of drug-likeness (QED) is 0.400. The first-order chi connectivity index (χ1) is 9.53. The number of hydrogen-bond acceptors (Lipinski definition) is 2. The van der Waals surface area contributed by atoms with Crippen LogP contribution in [0.15, 0.2) is 55.1 Å². The molecule has 0 aliphatic carbocycles. The first-order valence-electron chi connectivity index (χ1n) is 7.02. The van der Waals surface area contributed by atoms with E-state index in [1.165, 1.54) is 0 Å². The number of hydrogen-bond donors (Lipinski definition) is 0. The minimum atomic E-state index is -0.171. The van der Waals surface area contributed by atoms with Gasteiger partial charge in [-0.1, -0.05) is 62.4 Å². The van der Waals surface area contributed by atoms with E-state index in [4.69, 9.17) is 4.74 Å². The van der Waals surface area contributed by atoms with Gasteiger partial charge in [-0.2, -0.15) is 0 Å². The molecular weight excluding hydrogens is 248 g/mol. The number of carbonyl (C=O) groups is 1. The molecule has 0 saturated heterocycles. The molecule has 0 fully saturated rings. The molecule has 1 aromatic rings. The lowest BCUT2D eigenvalue weighted by Gasteiger charge is -2.17. The van der Waals surface area contributed by atoms with Gasteiger partial charge in [-0.25, -0.2) is 0 Å². The summed E-state index contributed by atoms with van der Waals surface area (Å²) in [7, 11) is 0. The van der Waals surface area contributed by atoms with Gasteiger partial charge in [-0.05, 0) is 23.8 Å². The first-order valence-corrected chi connectivity index (χ1v) is 7.02. The fraction of sp³-hybridized carbons (Fsp3) is 0.389. The van der Waals surface area contributed by atoms with E-state index in [-0.39, 0.29) is 11.4 Å². The zero-order valence-corrected chi connectivity index (χ0v) is 12.5. The Morgan fingerprint density at radius 1 is 1.30 bits per heavy atom. The second-order valence-corrected chi connectivity index (χ2v) is 5.56. The second-order valence-electron chi connectivity index (χ2n) is 5.56. The summed E-state index contributed by atoms with van der Waals surface area (Å²) in [5.41, 5.74) is 1.11. The van der Waals surface area contributed by atoms with Gasteiger partial charge in [0.25, 0.3) is 0 Å². The van der Waals surface area contributed by atoms with Crippen LogP contribution in [0, 0.1) is 5.41 Å². The van der Waals surface area contributed by atoms with Crippen molar-refractivity contribution >= 4 is 5.97 Å². The zero-order valence-electron chi connectivity index (χ0n) is 12.5. The van der Waals surface area contributed by atoms with Crippen molar-refractivity contribution in [3.05, 3.63) is 60.7 Å². The maximum atomic E-state index is 11.6. The number of carbonyl (C=O) groups excluding carboxylic acids is 1. The Kier molecular flexibility index (Phi) is 6.78. The second kappa shape index (κ2) is 8.36. The van der Waals surface area contributed by atoms with Gasteiger partial charge in [-0.3, -0.25) is 4.79 Å². The van der Waals surface area contributed by atoms with Crippen LogP contribution in [0.2, 0.25) is 0 Å². The molecule has 1 rings (SSSR count). The van der Waals surface area contributed by atoms with Crippen molar-refractivity contribution in [1.82, 2.24) is 0 Å². The lowest BCUT2D eigenvalue weighted by atomic mass is 9.89. The molecule has 108 valence electrons. The summed E-state index contributed by atoms with van der Waals surface area (Å²) >= 11 is 0. The highest BCUT2D eigenvalue weighted by Gasteiger charge is 2.10. The molecule has 0 radical (unpaired) electrons. The van der Waals surface area contributed by atoms with E-state index < -0.39 is 0 Å². The predicted octanol–water partition coefficient (Wildman–Crippen LogP) is 4.32. The summed E-state index contributed by atoms with van der Waals surface area (Å²) in [6.07, 6.45) is 8.17. The van der Waals surface area contributed by atoms with Crippen LogP contribution < -0.4 is 0 Å². The molecule has 2 nitrogen and oxygen atoms in total. The summed E-state index contributed by atoms with van der Waals surface area (Å²) in [5.74, 6) is -0.171. The van der Waals surface area contributed by atoms with Crippen molar-refractivity contribution in [2.45, 2.75) is 33.1 Å². The van der Waals surface area contributed by atoms with Gasteiger partial charge < -0.3 is 4.74 Å². The maximum absolute atomic E-state index is 11.6. The Balaban J connectivity index is 2.23. The average Bonchev–Trinajstić information content (AvgIpc) is 2.39. The van der Waals surface area contributed by atoms with E-state index in [9.17, 15) is 4.79 Å². The van der Waals surface area contributed by atoms with Crippen LogP contribution in [-0.2, 0) is 16.0 Å². The fourth-order valence-electron chi connectivity index (χ4n) is 1.90. The Morgan fingerprint density at radius 3 is 2.65 bits per heavy atom. The van der Waals surface area contributed by atoms with Crippen molar-refractivity contribution in [1.29, 1.82) is 0 Å². The van der Waals surface area contributed by atoms with Crippen molar-refractivity contribution in [3.63, 3.8) is 0 Å². The standard InChI is InChI=1S/C18H24O2/c1-4-12-18(2,3)13-8-9-14-20-17(19)15-16-10-6-5-7-11-16/h4-8,10-11,13H,1,9,12,14-15H2,2-3H3/b13-8+. The Hall–Kier alpha value is -1.83. The third-order valence-electron chi connectivity index (χ3n) is 2.98. The molecule has 1 aromatic carbocycles. The molecule has 0 aliphatic rings. The lowest BCUT2D eigenvalue weighted by molar-refractivity contribution is -0.142. The molecule has 0 bridgehead atoms. The number of benzene rings is 1. The van der Waals surface area contributed by atoms with Crippen molar-refractivity contribution in [2.75, 3.05) is 6.61 Å². The van der Waals surface area contributed by atoms with E-state index in [1.807, 2.05) is 36.4 Å². The number of ether oxygens (including phenoxy) is 1. The molecule has 0 spiro atoms. The van der Waals surface area contributed by atoms with E-state index in [0.29, 0.717) is 13.0 Å². The summed E-state index contributed by atoms with van der Waals surface area (Å²) in [6, 6.07) is 9.64. The predicted molar refractivity (Wildman–Crippen MR) is 83.5 cm³/mol.